The van der Waals surface area contributed by atoms with Crippen LogP contribution >= 0.6 is 0 Å². The average Bonchev–Trinajstić information content (AvgIpc) is 3.29. The average molecular weight is 1040 g/mol. The molecule has 13 heteroatoms. The molecule has 0 aromatic carbocycles. The third kappa shape index (κ3) is 36.8. The minimum Gasteiger partial charge on any atom is -0.481 e. The van der Waals surface area contributed by atoms with Gasteiger partial charge < -0.3 is 35.1 Å². The highest BCUT2D eigenvalue weighted by atomic mass is 16.4. The van der Waals surface area contributed by atoms with Crippen molar-refractivity contribution in [1.82, 2.24) is 14.7 Å². The van der Waals surface area contributed by atoms with Crippen molar-refractivity contribution in [2.24, 2.45) is 53.3 Å². The van der Waals surface area contributed by atoms with Crippen LogP contribution in [0.15, 0.2) is 86.1 Å². The van der Waals surface area contributed by atoms with Gasteiger partial charge in [-0.2, -0.15) is 0 Å². The lowest BCUT2D eigenvalue weighted by atomic mass is 9.87. The van der Waals surface area contributed by atoms with Gasteiger partial charge in [0.25, 0.3) is 0 Å². The molecule has 3 amide bonds. The van der Waals surface area contributed by atoms with Gasteiger partial charge >= 0.3 is 17.9 Å². The summed E-state index contributed by atoms with van der Waals surface area (Å²) in [5, 5.41) is 37.5. The van der Waals surface area contributed by atoms with Crippen molar-refractivity contribution >= 4 is 35.6 Å². The lowest BCUT2D eigenvalue weighted by molar-refractivity contribution is -0.144. The van der Waals surface area contributed by atoms with Crippen LogP contribution in [0.5, 0.6) is 0 Å². The van der Waals surface area contributed by atoms with Gasteiger partial charge in [0.1, 0.15) is 0 Å². The first-order chi connectivity index (χ1) is 34.8. The van der Waals surface area contributed by atoms with Gasteiger partial charge in [0.2, 0.25) is 17.7 Å². The number of rotatable bonds is 39. The highest BCUT2D eigenvalue weighted by Gasteiger charge is 2.28. The van der Waals surface area contributed by atoms with E-state index in [2.05, 4.69) is 88.6 Å². The zero-order valence-corrected chi connectivity index (χ0v) is 48.4. The van der Waals surface area contributed by atoms with Gasteiger partial charge in [0, 0.05) is 58.5 Å². The van der Waals surface area contributed by atoms with E-state index in [0.29, 0.717) is 56.4 Å². The van der Waals surface area contributed by atoms with Gasteiger partial charge in [-0.3, -0.25) is 28.8 Å². The Labute approximate surface area is 449 Å². The minimum absolute atomic E-state index is 0.0253. The molecule has 0 heterocycles. The fraction of sp³-hybridized carbons (Fsp3) is 0.672. The molecule has 0 aromatic heterocycles. The highest BCUT2D eigenvalue weighted by molar-refractivity contribution is 5.85. The minimum atomic E-state index is -0.963. The Hall–Kier alpha value is -5.04. The molecule has 74 heavy (non-hydrogen) atoms. The molecule has 4 N–H and O–H groups in total. The number of nitrogens with zero attached hydrogens (tertiary/aromatic N) is 3. The Morgan fingerprint density at radius 1 is 0.500 bits per heavy atom. The van der Waals surface area contributed by atoms with Crippen molar-refractivity contribution in [3.8, 4) is 0 Å². The first kappa shape index (κ1) is 73.2. The number of hydrogen-bond donors (Lipinski definition) is 4. The summed E-state index contributed by atoms with van der Waals surface area (Å²) in [7, 11) is 0. The Balaban J connectivity index is -0.00000103. The number of carbonyl (C=O) groups excluding carboxylic acids is 3. The molecule has 0 radical (unpaired) electrons. The molecule has 0 fully saturated rings. The van der Waals surface area contributed by atoms with Crippen LogP contribution in [0.25, 0.3) is 0 Å². The third-order valence-electron chi connectivity index (χ3n) is 12.5. The second-order valence-electron chi connectivity index (χ2n) is 21.2. The van der Waals surface area contributed by atoms with E-state index in [4.69, 9.17) is 5.11 Å². The predicted molar refractivity (Wildman–Crippen MR) is 305 cm³/mol. The largest absolute Gasteiger partial charge is 0.481 e. The monoisotopic (exact) mass is 1040 g/mol. The Kier molecular flexibility index (Phi) is 43.8. The topological polar surface area (TPSA) is 193 Å². The summed E-state index contributed by atoms with van der Waals surface area (Å²) in [6, 6.07) is 0. The number of aliphatic carboxylic acids is 3. The molecule has 0 spiro atoms. The molecule has 7 atom stereocenters. The Bertz CT molecular complexity index is 1720. The summed E-state index contributed by atoms with van der Waals surface area (Å²) >= 11 is 0. The first-order valence-corrected chi connectivity index (χ1v) is 27.4. The van der Waals surface area contributed by atoms with Crippen molar-refractivity contribution in [3.63, 3.8) is 0 Å². The van der Waals surface area contributed by atoms with Crippen LogP contribution in [0.2, 0.25) is 0 Å². The first-order valence-electron chi connectivity index (χ1n) is 27.4. The second kappa shape index (κ2) is 44.3. The molecule has 0 saturated heterocycles. The van der Waals surface area contributed by atoms with E-state index >= 15 is 0 Å². The molecule has 424 valence electrons. The summed E-state index contributed by atoms with van der Waals surface area (Å²) in [5.74, 6) is -2.76. The fourth-order valence-electron chi connectivity index (χ4n) is 9.27. The van der Waals surface area contributed by atoms with Gasteiger partial charge in [-0.1, -0.05) is 148 Å². The number of unbranched alkanes of at least 4 members (excludes halogenated alkanes) is 4. The molecule has 0 aliphatic rings. The van der Waals surface area contributed by atoms with Crippen LogP contribution in [-0.2, 0) is 28.8 Å². The smallest absolute Gasteiger partial charge is 0.311 e. The maximum atomic E-state index is 12.5. The third-order valence-corrected chi connectivity index (χ3v) is 12.5. The Morgan fingerprint density at radius 2 is 0.892 bits per heavy atom. The molecule has 13 nitrogen and oxygen atoms in total. The van der Waals surface area contributed by atoms with E-state index in [9.17, 15) is 44.1 Å². The summed E-state index contributed by atoms with van der Waals surface area (Å²) in [5.41, 5.74) is 1.50. The quantitative estimate of drug-likeness (QED) is 0.0340. The molecule has 0 aliphatic carbocycles. The zero-order chi connectivity index (χ0) is 57.3. The molecule has 0 saturated carbocycles. The summed E-state index contributed by atoms with van der Waals surface area (Å²) in [6.07, 6.45) is 24.6. The van der Waals surface area contributed by atoms with Crippen molar-refractivity contribution in [2.45, 2.75) is 167 Å². The zero-order valence-electron chi connectivity index (χ0n) is 48.4. The van der Waals surface area contributed by atoms with Crippen LogP contribution in [0.3, 0.4) is 0 Å². The molecule has 0 aromatic rings. The van der Waals surface area contributed by atoms with Crippen LogP contribution in [0, 0.1) is 53.3 Å². The normalized spacial score (nSPS) is 14.4. The van der Waals surface area contributed by atoms with Crippen LogP contribution < -0.4 is 0 Å². The summed E-state index contributed by atoms with van der Waals surface area (Å²) < 4.78 is 0. The number of hydrogen-bond acceptors (Lipinski definition) is 7. The van der Waals surface area contributed by atoms with E-state index in [1.807, 2.05) is 39.0 Å². The van der Waals surface area contributed by atoms with Crippen molar-refractivity contribution < 1.29 is 49.2 Å². The van der Waals surface area contributed by atoms with Crippen LogP contribution in [0.4, 0.5) is 0 Å². The van der Waals surface area contributed by atoms with Crippen LogP contribution in [0.1, 0.15) is 167 Å². The lowest BCUT2D eigenvalue weighted by Crippen LogP contribution is -2.36. The van der Waals surface area contributed by atoms with Gasteiger partial charge in [0.15, 0.2) is 0 Å². The standard InChI is InChI=1S/C22H37NO3.C21H39NO4.C18H29NO3/c1-8-10-23(11-9-2)21(24)15-20(22(25)26)19(7)14-18(6)13-17(5)12-16(3)4;1-7-8-22(9-10-23)20(24)14-19(21(25)26)18(6)13-17(5)12-16(4)11-15(2)3;1-4-7-8-9-10-11-12-16(18(21)22)15-17(20)19(13-5-2)14-6-3/h8-9,14,16-18,20H,1-2,10-13,15H2,3-7H3,(H,25,26);13,15-17,19,23H,7-12,14H2,1-6H3,(H,25,26);5-6,11-12,16H,2-4,7-10,13-15H2,1H3,(H,21,22)/b19-14+;18-13+;12-11+. The maximum absolute atomic E-state index is 12.5. The number of aliphatic hydroxyl groups excluding tert-OH is 1. The number of carbonyl (C=O) groups is 6. The van der Waals surface area contributed by atoms with Gasteiger partial charge in [-0.15, -0.1) is 26.3 Å². The Morgan fingerprint density at radius 3 is 1.22 bits per heavy atom. The summed E-state index contributed by atoms with van der Waals surface area (Å²) in [6.45, 7) is 42.1. The second-order valence-corrected chi connectivity index (χ2v) is 21.2. The van der Waals surface area contributed by atoms with E-state index in [-0.39, 0.29) is 62.0 Å². The molecular formula is C61H105N3O10. The highest BCUT2D eigenvalue weighted by Crippen LogP contribution is 2.26. The SMILES string of the molecule is C=CCN(CC=C)C(=O)CC(/C=C/CCCCCC)C(=O)O.C=CCN(CC=C)C(=O)CC(C(=O)O)/C(C)=C/C(C)CC(C)CC(C)C.CCCN(CCO)C(=O)CC(C(=O)O)/C(C)=C/C(C)CC(C)CC(C)C. The maximum Gasteiger partial charge on any atom is 0.311 e. The van der Waals surface area contributed by atoms with Crippen molar-refractivity contribution in [3.05, 3.63) is 86.1 Å². The fourth-order valence-corrected chi connectivity index (χ4v) is 9.27. The molecular weight excluding hydrogens is 935 g/mol. The van der Waals surface area contributed by atoms with E-state index in [1.54, 1.807) is 45.1 Å². The van der Waals surface area contributed by atoms with Crippen molar-refractivity contribution in [2.75, 3.05) is 45.9 Å². The lowest BCUT2D eigenvalue weighted by Gasteiger charge is -2.24. The van der Waals surface area contributed by atoms with E-state index in [0.717, 1.165) is 62.5 Å². The number of aliphatic hydroxyl groups is 1. The van der Waals surface area contributed by atoms with E-state index in [1.165, 1.54) is 12.8 Å². The molecule has 0 bridgehead atoms. The summed E-state index contributed by atoms with van der Waals surface area (Å²) in [4.78, 5) is 76.4. The predicted octanol–water partition coefficient (Wildman–Crippen LogP) is 12.7. The number of carboxylic acids is 3. The van der Waals surface area contributed by atoms with Gasteiger partial charge in [-0.25, -0.2) is 0 Å². The van der Waals surface area contributed by atoms with Crippen LogP contribution in [-0.4, -0.2) is 117 Å². The molecule has 0 rings (SSSR count). The number of carboxylic acid groups (broad SMARTS) is 3. The van der Waals surface area contributed by atoms with E-state index < -0.39 is 35.7 Å². The number of allylic oxidation sites excluding steroid dienone is 3. The van der Waals surface area contributed by atoms with Gasteiger partial charge in [-0.05, 0) is 94.3 Å². The van der Waals surface area contributed by atoms with Crippen molar-refractivity contribution in [1.29, 1.82) is 0 Å². The van der Waals surface area contributed by atoms with Gasteiger partial charge in [0.05, 0.1) is 24.4 Å². The number of amides is 3. The molecule has 7 unspecified atom stereocenters. The molecule has 0 aliphatic heterocycles.